The molecule has 4 rings (SSSR count). The van der Waals surface area contributed by atoms with Crippen molar-refractivity contribution >= 4 is 30.0 Å². The minimum absolute atomic E-state index is 0. The van der Waals surface area contributed by atoms with Crippen molar-refractivity contribution in [3.63, 3.8) is 0 Å². The van der Waals surface area contributed by atoms with E-state index in [2.05, 4.69) is 30.6 Å². The number of nitrogens with zero attached hydrogens (tertiary/aromatic N) is 2. The molecule has 0 radical (unpaired) electrons. The fourth-order valence-electron chi connectivity index (χ4n) is 4.99. The maximum Gasteiger partial charge on any atom is 0.343 e. The third kappa shape index (κ3) is 8.97. The van der Waals surface area contributed by atoms with E-state index in [1.807, 2.05) is 61.5 Å². The van der Waals surface area contributed by atoms with E-state index in [-0.39, 0.29) is 29.8 Å². The monoisotopic (exact) mass is 594 g/mol. The van der Waals surface area contributed by atoms with Gasteiger partial charge >= 0.3 is 11.9 Å². The third-order valence-corrected chi connectivity index (χ3v) is 7.22. The summed E-state index contributed by atoms with van der Waals surface area (Å²) >= 11 is 0. The lowest BCUT2D eigenvalue weighted by atomic mass is 9.86. The van der Waals surface area contributed by atoms with Gasteiger partial charge in [0.1, 0.15) is 11.5 Å². The van der Waals surface area contributed by atoms with Crippen LogP contribution < -0.4 is 14.4 Å². The molecule has 1 aliphatic heterocycles. The third-order valence-electron chi connectivity index (χ3n) is 7.22. The number of anilines is 1. The second kappa shape index (κ2) is 15.6. The standard InChI is InChI=1S/C34H42N2O5.ClH/c1-5-39-33(38)28-15-9-10-16-30(28)36-22-20-35(21-23-36)19-11-12-24-40-31-18-17-27(25-29(31)34(2,3)4)41-32(37)26-13-7-6-8-14-26;/h6-10,13-18,25H,5,11-12,19-24H2,1-4H3;1H. The van der Waals surface area contributed by atoms with E-state index in [0.29, 0.717) is 30.1 Å². The maximum atomic E-state index is 12.5. The fraction of sp³-hybridized carbons (Fsp3) is 0.412. The molecule has 0 spiro atoms. The normalized spacial score (nSPS) is 13.7. The van der Waals surface area contributed by atoms with Crippen molar-refractivity contribution in [3.05, 3.63) is 89.5 Å². The summed E-state index contributed by atoms with van der Waals surface area (Å²) in [6, 6.07) is 22.3. The highest BCUT2D eigenvalue weighted by atomic mass is 35.5. The largest absolute Gasteiger partial charge is 0.493 e. The van der Waals surface area contributed by atoms with Crippen LogP contribution in [0.15, 0.2) is 72.8 Å². The minimum Gasteiger partial charge on any atom is -0.493 e. The average Bonchev–Trinajstić information content (AvgIpc) is 2.98. The van der Waals surface area contributed by atoms with Gasteiger partial charge in [0.2, 0.25) is 0 Å². The molecule has 1 saturated heterocycles. The van der Waals surface area contributed by atoms with Crippen molar-refractivity contribution < 1.29 is 23.8 Å². The zero-order valence-electron chi connectivity index (χ0n) is 25.1. The van der Waals surface area contributed by atoms with Crippen LogP contribution in [0.25, 0.3) is 0 Å². The first-order chi connectivity index (χ1) is 19.8. The van der Waals surface area contributed by atoms with Crippen molar-refractivity contribution in [2.24, 2.45) is 0 Å². The molecule has 0 bridgehead atoms. The van der Waals surface area contributed by atoms with Gasteiger partial charge in [0.25, 0.3) is 0 Å². The summed E-state index contributed by atoms with van der Waals surface area (Å²) in [4.78, 5) is 29.6. The molecule has 8 heteroatoms. The summed E-state index contributed by atoms with van der Waals surface area (Å²) in [7, 11) is 0. The molecule has 1 fully saturated rings. The summed E-state index contributed by atoms with van der Waals surface area (Å²) in [6.45, 7) is 13.9. The Morgan fingerprint density at radius 3 is 2.21 bits per heavy atom. The highest BCUT2D eigenvalue weighted by molar-refractivity contribution is 5.96. The Hall–Kier alpha value is -3.55. The summed E-state index contributed by atoms with van der Waals surface area (Å²) in [5, 5.41) is 0. The van der Waals surface area contributed by atoms with Crippen LogP contribution in [-0.4, -0.2) is 62.8 Å². The van der Waals surface area contributed by atoms with Crippen LogP contribution in [0.2, 0.25) is 0 Å². The van der Waals surface area contributed by atoms with Crippen LogP contribution >= 0.6 is 12.4 Å². The van der Waals surface area contributed by atoms with Gasteiger partial charge in [-0.25, -0.2) is 9.59 Å². The molecule has 0 N–H and O–H groups in total. The highest BCUT2D eigenvalue weighted by Gasteiger charge is 2.23. The van der Waals surface area contributed by atoms with Gasteiger partial charge in [0, 0.05) is 31.7 Å². The Bertz CT molecular complexity index is 1300. The van der Waals surface area contributed by atoms with Gasteiger partial charge in [-0.3, -0.25) is 4.90 Å². The Kier molecular flexibility index (Phi) is 12.3. The number of piperazine rings is 1. The van der Waals surface area contributed by atoms with Gasteiger partial charge < -0.3 is 19.1 Å². The molecule has 0 amide bonds. The second-order valence-electron chi connectivity index (χ2n) is 11.3. The fourth-order valence-corrected chi connectivity index (χ4v) is 4.99. The number of esters is 2. The van der Waals surface area contributed by atoms with Crippen molar-refractivity contribution in [3.8, 4) is 11.5 Å². The van der Waals surface area contributed by atoms with Gasteiger partial charge in [0.15, 0.2) is 0 Å². The van der Waals surface area contributed by atoms with E-state index in [1.165, 1.54) is 0 Å². The summed E-state index contributed by atoms with van der Waals surface area (Å²) in [6.07, 6.45) is 1.98. The Morgan fingerprint density at radius 1 is 0.833 bits per heavy atom. The molecule has 0 aliphatic carbocycles. The van der Waals surface area contributed by atoms with Gasteiger partial charge in [-0.2, -0.15) is 0 Å². The van der Waals surface area contributed by atoms with Gasteiger partial charge in [-0.1, -0.05) is 51.1 Å². The number of carbonyl (C=O) groups is 2. The van der Waals surface area contributed by atoms with E-state index in [9.17, 15) is 9.59 Å². The number of hydrogen-bond acceptors (Lipinski definition) is 7. The van der Waals surface area contributed by atoms with E-state index in [1.54, 1.807) is 18.2 Å². The van der Waals surface area contributed by atoms with E-state index < -0.39 is 0 Å². The first-order valence-electron chi connectivity index (χ1n) is 14.5. The number of hydrogen-bond donors (Lipinski definition) is 0. The Morgan fingerprint density at radius 2 is 1.52 bits per heavy atom. The summed E-state index contributed by atoms with van der Waals surface area (Å²) < 4.78 is 17.1. The predicted molar refractivity (Wildman–Crippen MR) is 170 cm³/mol. The molecule has 42 heavy (non-hydrogen) atoms. The lowest BCUT2D eigenvalue weighted by Gasteiger charge is -2.36. The lowest BCUT2D eigenvalue weighted by Crippen LogP contribution is -2.47. The zero-order valence-corrected chi connectivity index (χ0v) is 26.0. The molecule has 0 unspecified atom stereocenters. The van der Waals surface area contributed by atoms with Crippen LogP contribution in [0.3, 0.4) is 0 Å². The lowest BCUT2D eigenvalue weighted by molar-refractivity contribution is 0.0526. The molecule has 1 aliphatic rings. The number of para-hydroxylation sites is 1. The molecular formula is C34H43ClN2O5. The molecule has 1 heterocycles. The number of unbranched alkanes of at least 4 members (excludes halogenated alkanes) is 1. The van der Waals surface area contributed by atoms with Gasteiger partial charge in [-0.15, -0.1) is 12.4 Å². The maximum absolute atomic E-state index is 12.5. The van der Waals surface area contributed by atoms with Crippen molar-refractivity contribution in [2.45, 2.75) is 46.0 Å². The first-order valence-corrected chi connectivity index (χ1v) is 14.5. The van der Waals surface area contributed by atoms with Gasteiger partial charge in [-0.05, 0) is 74.2 Å². The number of benzene rings is 3. The first kappa shape index (κ1) is 33.0. The molecule has 0 aromatic heterocycles. The zero-order chi connectivity index (χ0) is 29.2. The number of carbonyl (C=O) groups excluding carboxylic acids is 2. The molecule has 7 nitrogen and oxygen atoms in total. The number of halogens is 1. The SMILES string of the molecule is CCOC(=O)c1ccccc1N1CCN(CCCCOc2ccc(OC(=O)c3ccccc3)cc2C(C)(C)C)CC1.Cl. The molecule has 3 aromatic rings. The van der Waals surface area contributed by atoms with Gasteiger partial charge in [0.05, 0.1) is 30.0 Å². The molecular weight excluding hydrogens is 552 g/mol. The van der Waals surface area contributed by atoms with Crippen LogP contribution in [0.4, 0.5) is 5.69 Å². The van der Waals surface area contributed by atoms with Crippen molar-refractivity contribution in [2.75, 3.05) is 50.8 Å². The molecule has 0 saturated carbocycles. The van der Waals surface area contributed by atoms with Crippen LogP contribution in [-0.2, 0) is 10.2 Å². The van der Waals surface area contributed by atoms with Crippen molar-refractivity contribution in [1.82, 2.24) is 4.90 Å². The second-order valence-corrected chi connectivity index (χ2v) is 11.3. The van der Waals surface area contributed by atoms with E-state index in [4.69, 9.17) is 14.2 Å². The quantitative estimate of drug-likeness (QED) is 0.138. The van der Waals surface area contributed by atoms with Crippen LogP contribution in [0.1, 0.15) is 66.8 Å². The minimum atomic E-state index is -0.372. The van der Waals surface area contributed by atoms with Crippen LogP contribution in [0.5, 0.6) is 11.5 Å². The summed E-state index contributed by atoms with van der Waals surface area (Å²) in [5.41, 5.74) is 2.95. The Balaban J connectivity index is 0.00000484. The van der Waals surface area contributed by atoms with Crippen molar-refractivity contribution in [1.29, 1.82) is 0 Å². The predicted octanol–water partition coefficient (Wildman–Crippen LogP) is 6.78. The molecule has 226 valence electrons. The number of rotatable bonds is 11. The number of ether oxygens (including phenoxy) is 3. The van der Waals surface area contributed by atoms with E-state index in [0.717, 1.165) is 62.6 Å². The topological polar surface area (TPSA) is 68.3 Å². The van der Waals surface area contributed by atoms with Crippen LogP contribution in [0, 0.1) is 0 Å². The summed E-state index contributed by atoms with van der Waals surface area (Å²) in [5.74, 6) is 0.706. The Labute approximate surface area is 256 Å². The molecule has 3 aromatic carbocycles. The van der Waals surface area contributed by atoms with E-state index >= 15 is 0 Å². The highest BCUT2D eigenvalue weighted by Crippen LogP contribution is 2.35. The smallest absolute Gasteiger partial charge is 0.343 e. The molecule has 0 atom stereocenters. The average molecular weight is 595 g/mol.